The molecule has 5 heteroatoms. The van der Waals surface area contributed by atoms with Crippen LogP contribution in [0.3, 0.4) is 0 Å². The van der Waals surface area contributed by atoms with Gasteiger partial charge in [0.15, 0.2) is 0 Å². The summed E-state index contributed by atoms with van der Waals surface area (Å²) in [6.07, 6.45) is 7.01. The Kier molecular flexibility index (Phi) is 5.71. The highest BCUT2D eigenvalue weighted by Crippen LogP contribution is 1.81. The zero-order chi connectivity index (χ0) is 10.3. The minimum absolute atomic E-state index is 0.0400. The predicted octanol–water partition coefficient (Wildman–Crippen LogP) is -0.463. The second kappa shape index (κ2) is 5.97. The molecule has 0 aliphatic carbocycles. The minimum atomic E-state index is -3.05. The number of hydrogen-bond acceptors (Lipinski definition) is 3. The summed E-state index contributed by atoms with van der Waals surface area (Å²) in [5.74, 6) is 2.52. The van der Waals surface area contributed by atoms with Crippen LogP contribution in [-0.2, 0) is 10.0 Å². The van der Waals surface area contributed by atoms with Crippen molar-refractivity contribution in [2.45, 2.75) is 19.4 Å². The molecular weight excluding hydrogens is 188 g/mol. The highest BCUT2D eigenvalue weighted by molar-refractivity contribution is 7.88. The molecule has 0 bridgehead atoms. The molecule has 0 saturated carbocycles. The van der Waals surface area contributed by atoms with Gasteiger partial charge in [-0.25, -0.2) is 13.1 Å². The van der Waals surface area contributed by atoms with Gasteiger partial charge >= 0.3 is 0 Å². The van der Waals surface area contributed by atoms with E-state index in [-0.39, 0.29) is 6.04 Å². The van der Waals surface area contributed by atoms with Crippen molar-refractivity contribution in [1.29, 1.82) is 0 Å². The zero-order valence-corrected chi connectivity index (χ0v) is 8.82. The minimum Gasteiger partial charge on any atom is -0.304 e. The molecule has 0 heterocycles. The lowest BCUT2D eigenvalue weighted by atomic mass is 10.3. The Bertz CT molecular complexity index is 266. The van der Waals surface area contributed by atoms with Gasteiger partial charge in [0.2, 0.25) is 10.0 Å². The van der Waals surface area contributed by atoms with Crippen molar-refractivity contribution in [2.75, 3.05) is 19.3 Å². The van der Waals surface area contributed by atoms with Crippen LogP contribution in [-0.4, -0.2) is 33.8 Å². The van der Waals surface area contributed by atoms with E-state index in [4.69, 9.17) is 6.42 Å². The van der Waals surface area contributed by atoms with Crippen molar-refractivity contribution < 1.29 is 8.42 Å². The highest BCUT2D eigenvalue weighted by atomic mass is 32.2. The van der Waals surface area contributed by atoms with E-state index in [0.717, 1.165) is 12.7 Å². The van der Waals surface area contributed by atoms with Gasteiger partial charge in [0, 0.05) is 6.54 Å². The Morgan fingerprint density at radius 3 is 2.54 bits per heavy atom. The molecule has 0 aromatic heterocycles. The molecule has 0 aromatic rings. The van der Waals surface area contributed by atoms with Crippen LogP contribution in [0.2, 0.25) is 0 Å². The number of nitrogens with one attached hydrogen (secondary N) is 2. The molecular formula is C8H16N2O2S. The van der Waals surface area contributed by atoms with Gasteiger partial charge in [-0.3, -0.25) is 0 Å². The van der Waals surface area contributed by atoms with Crippen molar-refractivity contribution in [3.8, 4) is 12.3 Å². The summed E-state index contributed by atoms with van der Waals surface area (Å²) in [7, 11) is -3.05. The van der Waals surface area contributed by atoms with Crippen LogP contribution >= 0.6 is 0 Å². The lowest BCUT2D eigenvalue weighted by Crippen LogP contribution is -2.29. The van der Waals surface area contributed by atoms with Crippen LogP contribution in [0.25, 0.3) is 0 Å². The molecule has 13 heavy (non-hydrogen) atoms. The molecule has 0 aliphatic rings. The smallest absolute Gasteiger partial charge is 0.208 e. The van der Waals surface area contributed by atoms with Gasteiger partial charge in [0.05, 0.1) is 12.3 Å². The van der Waals surface area contributed by atoms with Crippen molar-refractivity contribution >= 4 is 10.0 Å². The summed E-state index contributed by atoms with van der Waals surface area (Å²) >= 11 is 0. The maximum absolute atomic E-state index is 10.6. The first-order valence-electron chi connectivity index (χ1n) is 4.10. The quantitative estimate of drug-likeness (QED) is 0.454. The van der Waals surface area contributed by atoms with Crippen molar-refractivity contribution in [3.63, 3.8) is 0 Å². The summed E-state index contributed by atoms with van der Waals surface area (Å²) in [6.45, 7) is 3.04. The molecule has 2 N–H and O–H groups in total. The van der Waals surface area contributed by atoms with E-state index in [2.05, 4.69) is 16.0 Å². The van der Waals surface area contributed by atoms with Crippen LogP contribution in [0.4, 0.5) is 0 Å². The number of sulfonamides is 1. The third-order valence-electron chi connectivity index (χ3n) is 1.42. The third kappa shape index (κ3) is 9.34. The van der Waals surface area contributed by atoms with Crippen LogP contribution < -0.4 is 10.0 Å². The summed E-state index contributed by atoms with van der Waals surface area (Å²) < 4.78 is 23.6. The van der Waals surface area contributed by atoms with E-state index < -0.39 is 10.0 Å². The predicted molar refractivity (Wildman–Crippen MR) is 53.8 cm³/mol. The number of rotatable bonds is 6. The average Bonchev–Trinajstić information content (AvgIpc) is 2.01. The number of terminal acetylenes is 1. The number of hydrogen-bond donors (Lipinski definition) is 2. The fraction of sp³-hybridized carbons (Fsp3) is 0.750. The Balaban J connectivity index is 3.34. The van der Waals surface area contributed by atoms with Gasteiger partial charge in [-0.2, -0.15) is 0 Å². The van der Waals surface area contributed by atoms with Crippen LogP contribution in [0.5, 0.6) is 0 Å². The summed E-state index contributed by atoms with van der Waals surface area (Å²) in [5.41, 5.74) is 0. The van der Waals surface area contributed by atoms with Crippen molar-refractivity contribution in [3.05, 3.63) is 0 Å². The monoisotopic (exact) mass is 204 g/mol. The molecule has 0 aliphatic heterocycles. The lowest BCUT2D eigenvalue weighted by molar-refractivity contribution is 0.575. The van der Waals surface area contributed by atoms with E-state index in [1.54, 1.807) is 0 Å². The molecule has 76 valence electrons. The normalized spacial score (nSPS) is 13.6. The molecule has 1 atom stereocenters. The van der Waals surface area contributed by atoms with Crippen molar-refractivity contribution in [1.82, 2.24) is 10.0 Å². The molecule has 0 aromatic carbocycles. The first-order chi connectivity index (χ1) is 5.95. The lowest BCUT2D eigenvalue weighted by Gasteiger charge is -2.06. The zero-order valence-electron chi connectivity index (χ0n) is 8.00. The van der Waals surface area contributed by atoms with Gasteiger partial charge in [-0.15, -0.1) is 6.42 Å². The Hall–Kier alpha value is -0.570. The second-order valence-corrected chi connectivity index (χ2v) is 4.70. The topological polar surface area (TPSA) is 58.2 Å². The van der Waals surface area contributed by atoms with E-state index in [1.165, 1.54) is 0 Å². The fourth-order valence-electron chi connectivity index (χ4n) is 0.723. The maximum atomic E-state index is 10.6. The van der Waals surface area contributed by atoms with E-state index in [1.807, 2.05) is 6.92 Å². The summed E-state index contributed by atoms with van der Waals surface area (Å²) in [5, 5.41) is 3.05. The molecule has 4 nitrogen and oxygen atoms in total. The summed E-state index contributed by atoms with van der Waals surface area (Å²) in [4.78, 5) is 0. The second-order valence-electron chi connectivity index (χ2n) is 2.86. The molecule has 0 amide bonds. The standard InChI is InChI=1S/C8H16N2O2S/c1-4-8(2)9-6-5-7-10-13(3,11)12/h1,8-10H,5-7H2,2-3H3. The van der Waals surface area contributed by atoms with Crippen LogP contribution in [0, 0.1) is 12.3 Å². The molecule has 1 unspecified atom stereocenters. The van der Waals surface area contributed by atoms with Gasteiger partial charge in [-0.05, 0) is 19.9 Å². The average molecular weight is 204 g/mol. The van der Waals surface area contributed by atoms with Gasteiger partial charge < -0.3 is 5.32 Å². The fourth-order valence-corrected chi connectivity index (χ4v) is 1.24. The van der Waals surface area contributed by atoms with Gasteiger partial charge in [0.1, 0.15) is 0 Å². The Morgan fingerprint density at radius 1 is 1.46 bits per heavy atom. The van der Waals surface area contributed by atoms with E-state index >= 15 is 0 Å². The summed E-state index contributed by atoms with van der Waals surface area (Å²) in [6, 6.07) is 0.0400. The van der Waals surface area contributed by atoms with Crippen LogP contribution in [0.15, 0.2) is 0 Å². The first kappa shape index (κ1) is 12.4. The van der Waals surface area contributed by atoms with Crippen molar-refractivity contribution in [2.24, 2.45) is 0 Å². The molecule has 0 spiro atoms. The molecule has 0 rings (SSSR count). The SMILES string of the molecule is C#CC(C)NCCCNS(C)(=O)=O. The largest absolute Gasteiger partial charge is 0.304 e. The Labute approximate surface area is 80.2 Å². The van der Waals surface area contributed by atoms with Gasteiger partial charge in [0.25, 0.3) is 0 Å². The van der Waals surface area contributed by atoms with E-state index in [0.29, 0.717) is 13.1 Å². The molecule has 0 fully saturated rings. The third-order valence-corrected chi connectivity index (χ3v) is 2.15. The van der Waals surface area contributed by atoms with E-state index in [9.17, 15) is 8.42 Å². The first-order valence-corrected chi connectivity index (χ1v) is 5.99. The molecule has 0 saturated heterocycles. The van der Waals surface area contributed by atoms with Crippen LogP contribution in [0.1, 0.15) is 13.3 Å². The highest BCUT2D eigenvalue weighted by Gasteiger charge is 1.99. The maximum Gasteiger partial charge on any atom is 0.208 e. The van der Waals surface area contributed by atoms with Gasteiger partial charge in [-0.1, -0.05) is 5.92 Å². The Morgan fingerprint density at radius 2 is 2.08 bits per heavy atom. The molecule has 0 radical (unpaired) electrons.